The number of nitrogens with zero attached hydrogens (tertiary/aromatic N) is 2. The summed E-state index contributed by atoms with van der Waals surface area (Å²) in [6, 6.07) is 16.6. The Labute approximate surface area is 184 Å². The van der Waals surface area contributed by atoms with Gasteiger partial charge < -0.3 is 14.6 Å². The number of rotatable bonds is 9. The van der Waals surface area contributed by atoms with E-state index in [9.17, 15) is 4.79 Å². The van der Waals surface area contributed by atoms with Crippen LogP contribution in [0.5, 0.6) is 5.75 Å². The summed E-state index contributed by atoms with van der Waals surface area (Å²) in [6.07, 6.45) is 3.98. The summed E-state index contributed by atoms with van der Waals surface area (Å²) in [6.45, 7) is 8.69. The largest absolute Gasteiger partial charge is 0.494 e. The number of nitrogens with one attached hydrogen (secondary N) is 1. The van der Waals surface area contributed by atoms with Gasteiger partial charge in [-0.05, 0) is 60.9 Å². The summed E-state index contributed by atoms with van der Waals surface area (Å²) >= 11 is 0. The lowest BCUT2D eigenvalue weighted by Crippen LogP contribution is -2.26. The molecule has 0 bridgehead atoms. The summed E-state index contributed by atoms with van der Waals surface area (Å²) in [5, 5.41) is 3.05. The molecule has 0 saturated heterocycles. The number of carbonyl (C=O) groups excluding carboxylic acids is 1. The van der Waals surface area contributed by atoms with Crippen molar-refractivity contribution in [2.45, 2.75) is 65.0 Å². The molecular weight excluding hydrogens is 386 g/mol. The zero-order valence-electron chi connectivity index (χ0n) is 18.9. The minimum atomic E-state index is 0.155. The van der Waals surface area contributed by atoms with E-state index in [1.54, 1.807) is 0 Å². The average Bonchev–Trinajstić information content (AvgIpc) is 3.54. The third kappa shape index (κ3) is 5.46. The zero-order valence-corrected chi connectivity index (χ0v) is 18.9. The lowest BCUT2D eigenvalue weighted by Gasteiger charge is -2.19. The van der Waals surface area contributed by atoms with Crippen molar-refractivity contribution >= 4 is 16.9 Å². The molecule has 1 aromatic heterocycles. The van der Waals surface area contributed by atoms with Crippen LogP contribution in [-0.4, -0.2) is 22.1 Å². The van der Waals surface area contributed by atoms with Crippen LogP contribution < -0.4 is 10.1 Å². The van der Waals surface area contributed by atoms with Crippen molar-refractivity contribution in [1.82, 2.24) is 14.9 Å². The summed E-state index contributed by atoms with van der Waals surface area (Å²) < 4.78 is 8.18. The Bertz CT molecular complexity index is 1030. The molecule has 0 unspecified atom stereocenters. The number of aryl methyl sites for hydroxylation is 1. The van der Waals surface area contributed by atoms with Gasteiger partial charge >= 0.3 is 0 Å². The fraction of sp³-hybridized carbons (Fsp3) is 0.462. The maximum atomic E-state index is 12.1. The van der Waals surface area contributed by atoms with E-state index in [-0.39, 0.29) is 17.2 Å². The smallest absolute Gasteiger partial charge is 0.223 e. The molecule has 1 fully saturated rings. The molecule has 0 radical (unpaired) electrons. The minimum Gasteiger partial charge on any atom is -0.494 e. The molecule has 1 aliphatic carbocycles. The molecule has 1 saturated carbocycles. The Morgan fingerprint density at radius 3 is 2.55 bits per heavy atom. The normalized spacial score (nSPS) is 14.0. The van der Waals surface area contributed by atoms with Gasteiger partial charge in [0, 0.05) is 12.5 Å². The van der Waals surface area contributed by atoms with Crippen molar-refractivity contribution in [3.63, 3.8) is 0 Å². The zero-order chi connectivity index (χ0) is 21.8. The van der Waals surface area contributed by atoms with E-state index in [1.807, 2.05) is 18.2 Å². The molecule has 2 aromatic carbocycles. The molecule has 5 nitrogen and oxygen atoms in total. The molecule has 0 aliphatic heterocycles. The first-order valence-corrected chi connectivity index (χ1v) is 11.4. The summed E-state index contributed by atoms with van der Waals surface area (Å²) in [5.41, 5.74) is 3.57. The number of imidazole rings is 1. The number of aromatic nitrogens is 2. The molecule has 4 rings (SSSR count). The molecule has 5 heteroatoms. The summed E-state index contributed by atoms with van der Waals surface area (Å²) in [5.74, 6) is 2.22. The van der Waals surface area contributed by atoms with Gasteiger partial charge in [-0.25, -0.2) is 4.98 Å². The molecule has 0 spiro atoms. The molecule has 0 atom stereocenters. The Balaban J connectivity index is 1.31. The van der Waals surface area contributed by atoms with Gasteiger partial charge in [-0.1, -0.05) is 45.0 Å². The van der Waals surface area contributed by atoms with Crippen LogP contribution in [0.1, 0.15) is 57.8 Å². The van der Waals surface area contributed by atoms with E-state index in [0.717, 1.165) is 54.8 Å². The average molecular weight is 420 g/mol. The van der Waals surface area contributed by atoms with Gasteiger partial charge in [-0.2, -0.15) is 0 Å². The third-order valence-electron chi connectivity index (χ3n) is 5.87. The Morgan fingerprint density at radius 1 is 1.10 bits per heavy atom. The van der Waals surface area contributed by atoms with Crippen molar-refractivity contribution in [2.24, 2.45) is 5.92 Å². The molecule has 1 aliphatic rings. The van der Waals surface area contributed by atoms with Crippen LogP contribution in [0, 0.1) is 5.92 Å². The Morgan fingerprint density at radius 2 is 1.84 bits per heavy atom. The minimum absolute atomic E-state index is 0.155. The lowest BCUT2D eigenvalue weighted by molar-refractivity contribution is -0.122. The highest BCUT2D eigenvalue weighted by molar-refractivity contribution is 5.81. The van der Waals surface area contributed by atoms with Crippen molar-refractivity contribution in [1.29, 1.82) is 0 Å². The van der Waals surface area contributed by atoms with E-state index in [0.29, 0.717) is 13.2 Å². The lowest BCUT2D eigenvalue weighted by atomic mass is 9.87. The summed E-state index contributed by atoms with van der Waals surface area (Å²) in [7, 11) is 0. The van der Waals surface area contributed by atoms with Gasteiger partial charge in [-0.3, -0.25) is 4.79 Å². The molecule has 3 aromatic rings. The van der Waals surface area contributed by atoms with E-state index < -0.39 is 0 Å². The van der Waals surface area contributed by atoms with Crippen LogP contribution in [0.3, 0.4) is 0 Å². The predicted molar refractivity (Wildman–Crippen MR) is 124 cm³/mol. The van der Waals surface area contributed by atoms with Crippen molar-refractivity contribution in [2.75, 3.05) is 6.61 Å². The predicted octanol–water partition coefficient (Wildman–Crippen LogP) is 5.22. The maximum Gasteiger partial charge on any atom is 0.223 e. The number of hydrogen-bond donors (Lipinski definition) is 1. The van der Waals surface area contributed by atoms with E-state index >= 15 is 0 Å². The van der Waals surface area contributed by atoms with Gasteiger partial charge in [-0.15, -0.1) is 0 Å². The summed E-state index contributed by atoms with van der Waals surface area (Å²) in [4.78, 5) is 16.8. The first-order chi connectivity index (χ1) is 14.9. The number of fused-ring (bicyclic) bond motifs is 1. The highest BCUT2D eigenvalue weighted by Crippen LogP contribution is 2.29. The van der Waals surface area contributed by atoms with Gasteiger partial charge in [0.25, 0.3) is 0 Å². The SMILES string of the molecule is CC(C)(C)c1ccc(OCCCCn2c(CNC(=O)C3CC3)nc3ccccc32)cc1. The van der Waals surface area contributed by atoms with Crippen LogP contribution >= 0.6 is 0 Å². The van der Waals surface area contributed by atoms with E-state index in [1.165, 1.54) is 5.56 Å². The molecule has 1 N–H and O–H groups in total. The second-order valence-electron chi connectivity index (χ2n) is 9.49. The standard InChI is InChI=1S/C26H33N3O2/c1-26(2,3)20-12-14-21(15-13-20)31-17-7-6-16-29-23-9-5-4-8-22(23)28-24(29)18-27-25(30)19-10-11-19/h4-5,8-9,12-15,19H,6-7,10-11,16-18H2,1-3H3,(H,27,30). The number of amides is 1. The number of carbonyl (C=O) groups is 1. The topological polar surface area (TPSA) is 56.1 Å². The van der Waals surface area contributed by atoms with Gasteiger partial charge in [0.2, 0.25) is 5.91 Å². The molecule has 164 valence electrons. The molecule has 1 amide bonds. The first-order valence-electron chi connectivity index (χ1n) is 11.4. The fourth-order valence-electron chi connectivity index (χ4n) is 3.78. The van der Waals surface area contributed by atoms with Gasteiger partial charge in [0.1, 0.15) is 11.6 Å². The van der Waals surface area contributed by atoms with E-state index in [2.05, 4.69) is 61.0 Å². The second-order valence-corrected chi connectivity index (χ2v) is 9.49. The monoisotopic (exact) mass is 419 g/mol. The number of unbranched alkanes of at least 4 members (excludes halogenated alkanes) is 1. The third-order valence-corrected chi connectivity index (χ3v) is 5.87. The van der Waals surface area contributed by atoms with Crippen LogP contribution in [0.15, 0.2) is 48.5 Å². The van der Waals surface area contributed by atoms with Crippen LogP contribution in [0.25, 0.3) is 11.0 Å². The molecule has 1 heterocycles. The van der Waals surface area contributed by atoms with Crippen LogP contribution in [0.2, 0.25) is 0 Å². The molecular formula is C26H33N3O2. The maximum absolute atomic E-state index is 12.1. The Hall–Kier alpha value is -2.82. The Kier molecular flexibility index (Phi) is 6.30. The number of benzene rings is 2. The van der Waals surface area contributed by atoms with Crippen molar-refractivity contribution in [3.8, 4) is 5.75 Å². The first kappa shape index (κ1) is 21.4. The number of ether oxygens (including phenoxy) is 1. The highest BCUT2D eigenvalue weighted by atomic mass is 16.5. The van der Waals surface area contributed by atoms with Gasteiger partial charge in [0.15, 0.2) is 0 Å². The van der Waals surface area contributed by atoms with Crippen LogP contribution in [0.4, 0.5) is 0 Å². The fourth-order valence-corrected chi connectivity index (χ4v) is 3.78. The quantitative estimate of drug-likeness (QED) is 0.484. The van der Waals surface area contributed by atoms with Crippen molar-refractivity contribution < 1.29 is 9.53 Å². The second kappa shape index (κ2) is 9.13. The molecule has 31 heavy (non-hydrogen) atoms. The van der Waals surface area contributed by atoms with Crippen molar-refractivity contribution in [3.05, 3.63) is 59.9 Å². The number of hydrogen-bond acceptors (Lipinski definition) is 3. The van der Waals surface area contributed by atoms with Gasteiger partial charge in [0.05, 0.1) is 24.2 Å². The highest BCUT2D eigenvalue weighted by Gasteiger charge is 2.29. The number of para-hydroxylation sites is 2. The van der Waals surface area contributed by atoms with E-state index in [4.69, 9.17) is 9.72 Å². The van der Waals surface area contributed by atoms with Crippen LogP contribution in [-0.2, 0) is 23.3 Å².